The fourth-order valence-electron chi connectivity index (χ4n) is 3.32. The SMILES string of the molecule is O=C(NC[C@@]1(O)CCSC1)[C@H]1CCCN1C(=O)Cc1ccccc1. The molecule has 0 bridgehead atoms. The van der Waals surface area contributed by atoms with Crippen molar-refractivity contribution in [2.24, 2.45) is 0 Å². The molecule has 24 heavy (non-hydrogen) atoms. The van der Waals surface area contributed by atoms with Gasteiger partial charge in [-0.05, 0) is 30.6 Å². The minimum atomic E-state index is -0.794. The second-order valence-electron chi connectivity index (χ2n) is 6.65. The maximum absolute atomic E-state index is 12.5. The van der Waals surface area contributed by atoms with Crippen molar-refractivity contribution in [2.45, 2.75) is 37.3 Å². The van der Waals surface area contributed by atoms with E-state index < -0.39 is 11.6 Å². The van der Waals surface area contributed by atoms with Gasteiger partial charge in [-0.1, -0.05) is 30.3 Å². The number of aliphatic hydroxyl groups is 1. The maximum atomic E-state index is 12.5. The number of hydrogen-bond donors (Lipinski definition) is 2. The molecule has 2 fully saturated rings. The Hall–Kier alpha value is -1.53. The van der Waals surface area contributed by atoms with Crippen LogP contribution >= 0.6 is 11.8 Å². The summed E-state index contributed by atoms with van der Waals surface area (Å²) in [5.74, 6) is 1.44. The van der Waals surface area contributed by atoms with Gasteiger partial charge in [-0.2, -0.15) is 11.8 Å². The summed E-state index contributed by atoms with van der Waals surface area (Å²) in [5, 5.41) is 13.2. The molecule has 0 saturated carbocycles. The van der Waals surface area contributed by atoms with Crippen molar-refractivity contribution in [3.8, 4) is 0 Å². The molecule has 0 spiro atoms. The number of benzene rings is 1. The lowest BCUT2D eigenvalue weighted by Crippen LogP contribution is -2.50. The van der Waals surface area contributed by atoms with Crippen LogP contribution in [0.25, 0.3) is 0 Å². The minimum absolute atomic E-state index is 0.00557. The second-order valence-corrected chi connectivity index (χ2v) is 7.76. The van der Waals surface area contributed by atoms with Crippen LogP contribution in [0.2, 0.25) is 0 Å². The minimum Gasteiger partial charge on any atom is -0.387 e. The Balaban J connectivity index is 1.56. The standard InChI is InChI=1S/C18H24N2O3S/c21-16(11-14-5-2-1-3-6-14)20-9-4-7-15(20)17(22)19-12-18(23)8-10-24-13-18/h1-3,5-6,15,23H,4,7-13H2,(H,19,22)/t15-,18+/m1/s1. The van der Waals surface area contributed by atoms with E-state index >= 15 is 0 Å². The van der Waals surface area contributed by atoms with Gasteiger partial charge in [0, 0.05) is 18.8 Å². The topological polar surface area (TPSA) is 69.6 Å². The van der Waals surface area contributed by atoms with E-state index in [1.165, 1.54) is 0 Å². The first-order chi connectivity index (χ1) is 11.6. The third kappa shape index (κ3) is 4.11. The first kappa shape index (κ1) is 17.3. The summed E-state index contributed by atoms with van der Waals surface area (Å²) < 4.78 is 0. The van der Waals surface area contributed by atoms with Crippen molar-refractivity contribution in [2.75, 3.05) is 24.6 Å². The first-order valence-corrected chi connectivity index (χ1v) is 9.64. The van der Waals surface area contributed by atoms with Crippen LogP contribution in [-0.2, 0) is 16.0 Å². The molecule has 0 aromatic heterocycles. The largest absolute Gasteiger partial charge is 0.387 e. The average molecular weight is 348 g/mol. The summed E-state index contributed by atoms with van der Waals surface area (Å²) in [6.45, 7) is 0.903. The zero-order valence-corrected chi connectivity index (χ0v) is 14.6. The Morgan fingerprint density at radius 2 is 2.12 bits per heavy atom. The lowest BCUT2D eigenvalue weighted by atomic mass is 10.0. The van der Waals surface area contributed by atoms with Crippen molar-refractivity contribution in [1.29, 1.82) is 0 Å². The van der Waals surface area contributed by atoms with Gasteiger partial charge >= 0.3 is 0 Å². The predicted molar refractivity (Wildman–Crippen MR) is 94.8 cm³/mol. The summed E-state index contributed by atoms with van der Waals surface area (Å²) in [6, 6.07) is 9.20. The Morgan fingerprint density at radius 1 is 1.33 bits per heavy atom. The molecule has 2 aliphatic heterocycles. The highest BCUT2D eigenvalue weighted by molar-refractivity contribution is 7.99. The molecule has 0 aliphatic carbocycles. The summed E-state index contributed by atoms with van der Waals surface area (Å²) in [6.07, 6.45) is 2.57. The van der Waals surface area contributed by atoms with Gasteiger partial charge in [0.25, 0.3) is 0 Å². The van der Waals surface area contributed by atoms with Crippen LogP contribution in [0, 0.1) is 0 Å². The van der Waals surface area contributed by atoms with Gasteiger partial charge in [-0.15, -0.1) is 0 Å². The fourth-order valence-corrected chi connectivity index (χ4v) is 4.61. The van der Waals surface area contributed by atoms with Crippen molar-refractivity contribution >= 4 is 23.6 Å². The second kappa shape index (κ2) is 7.57. The quantitative estimate of drug-likeness (QED) is 0.839. The van der Waals surface area contributed by atoms with Gasteiger partial charge in [-0.25, -0.2) is 0 Å². The van der Waals surface area contributed by atoms with Crippen LogP contribution in [-0.4, -0.2) is 58.1 Å². The highest BCUT2D eigenvalue weighted by atomic mass is 32.2. The van der Waals surface area contributed by atoms with E-state index in [-0.39, 0.29) is 18.4 Å². The van der Waals surface area contributed by atoms with E-state index in [2.05, 4.69) is 5.32 Å². The fraction of sp³-hybridized carbons (Fsp3) is 0.556. The number of nitrogens with zero attached hydrogens (tertiary/aromatic N) is 1. The molecular weight excluding hydrogens is 324 g/mol. The van der Waals surface area contributed by atoms with E-state index in [0.717, 1.165) is 17.7 Å². The van der Waals surface area contributed by atoms with Gasteiger partial charge in [0.15, 0.2) is 0 Å². The summed E-state index contributed by atoms with van der Waals surface area (Å²) in [5.41, 5.74) is 0.170. The van der Waals surface area contributed by atoms with Gasteiger partial charge < -0.3 is 15.3 Å². The van der Waals surface area contributed by atoms with Crippen LogP contribution in [0.3, 0.4) is 0 Å². The maximum Gasteiger partial charge on any atom is 0.242 e. The molecule has 0 radical (unpaired) electrons. The van der Waals surface area contributed by atoms with Crippen LogP contribution in [0.5, 0.6) is 0 Å². The average Bonchev–Trinajstić information content (AvgIpc) is 3.23. The summed E-state index contributed by atoms with van der Waals surface area (Å²) in [7, 11) is 0. The third-order valence-corrected chi connectivity index (χ3v) is 5.98. The van der Waals surface area contributed by atoms with Crippen LogP contribution in [0.15, 0.2) is 30.3 Å². The number of likely N-dealkylation sites (tertiary alicyclic amines) is 1. The van der Waals surface area contributed by atoms with Crippen molar-refractivity contribution in [3.63, 3.8) is 0 Å². The molecular formula is C18H24N2O3S. The van der Waals surface area contributed by atoms with Crippen LogP contribution in [0.4, 0.5) is 0 Å². The molecule has 130 valence electrons. The zero-order valence-electron chi connectivity index (χ0n) is 13.7. The lowest BCUT2D eigenvalue weighted by Gasteiger charge is -2.27. The monoisotopic (exact) mass is 348 g/mol. The molecule has 5 nitrogen and oxygen atoms in total. The first-order valence-electron chi connectivity index (χ1n) is 8.49. The molecule has 2 saturated heterocycles. The Labute approximate surface area is 146 Å². The van der Waals surface area contributed by atoms with Gasteiger partial charge in [0.1, 0.15) is 6.04 Å². The van der Waals surface area contributed by atoms with E-state index in [9.17, 15) is 14.7 Å². The highest BCUT2D eigenvalue weighted by Crippen LogP contribution is 2.27. The molecule has 1 aromatic carbocycles. The number of carbonyl (C=O) groups is 2. The molecule has 6 heteroatoms. The normalized spacial score (nSPS) is 26.5. The number of nitrogens with one attached hydrogen (secondary N) is 1. The van der Waals surface area contributed by atoms with Crippen molar-refractivity contribution in [1.82, 2.24) is 10.2 Å². The third-order valence-electron chi connectivity index (χ3n) is 4.75. The highest BCUT2D eigenvalue weighted by Gasteiger charge is 2.36. The lowest BCUT2D eigenvalue weighted by molar-refractivity contribution is -0.138. The molecule has 2 atom stereocenters. The number of rotatable bonds is 5. The molecule has 2 aliphatic rings. The Morgan fingerprint density at radius 3 is 2.83 bits per heavy atom. The Bertz CT molecular complexity index is 587. The van der Waals surface area contributed by atoms with Crippen LogP contribution < -0.4 is 5.32 Å². The van der Waals surface area contributed by atoms with E-state index in [4.69, 9.17) is 0 Å². The number of amides is 2. The Kier molecular flexibility index (Phi) is 5.46. The summed E-state index contributed by atoms with van der Waals surface area (Å²) >= 11 is 1.71. The van der Waals surface area contributed by atoms with Crippen molar-refractivity contribution in [3.05, 3.63) is 35.9 Å². The molecule has 0 unspecified atom stereocenters. The molecule has 3 rings (SSSR count). The molecule has 2 N–H and O–H groups in total. The number of thioether (sulfide) groups is 1. The van der Waals surface area contributed by atoms with Gasteiger partial charge in [0.05, 0.1) is 12.0 Å². The predicted octanol–water partition coefficient (Wildman–Crippen LogP) is 1.20. The van der Waals surface area contributed by atoms with Crippen LogP contribution in [0.1, 0.15) is 24.8 Å². The zero-order chi connectivity index (χ0) is 17.0. The van der Waals surface area contributed by atoms with E-state index in [0.29, 0.717) is 31.6 Å². The van der Waals surface area contributed by atoms with E-state index in [1.807, 2.05) is 30.3 Å². The van der Waals surface area contributed by atoms with Crippen molar-refractivity contribution < 1.29 is 14.7 Å². The number of carbonyl (C=O) groups excluding carboxylic acids is 2. The molecule has 2 amide bonds. The number of hydrogen-bond acceptors (Lipinski definition) is 4. The summed E-state index contributed by atoms with van der Waals surface area (Å²) in [4.78, 5) is 26.7. The van der Waals surface area contributed by atoms with E-state index in [1.54, 1.807) is 16.7 Å². The molecule has 1 aromatic rings. The van der Waals surface area contributed by atoms with Gasteiger partial charge in [0.2, 0.25) is 11.8 Å². The molecule has 2 heterocycles. The smallest absolute Gasteiger partial charge is 0.242 e. The van der Waals surface area contributed by atoms with Gasteiger partial charge in [-0.3, -0.25) is 9.59 Å².